The van der Waals surface area contributed by atoms with Gasteiger partial charge in [-0.3, -0.25) is 4.79 Å². The smallest absolute Gasteiger partial charge is 0.248 e. The summed E-state index contributed by atoms with van der Waals surface area (Å²) in [7, 11) is 3.60. The van der Waals surface area contributed by atoms with Crippen molar-refractivity contribution in [2.45, 2.75) is 37.3 Å². The Hall–Kier alpha value is -1.79. The third-order valence-corrected chi connectivity index (χ3v) is 6.58. The molecule has 1 aromatic rings. The van der Waals surface area contributed by atoms with Crippen LogP contribution >= 0.6 is 0 Å². The Morgan fingerprint density at radius 1 is 1.07 bits per heavy atom. The van der Waals surface area contributed by atoms with E-state index in [9.17, 15) is 4.79 Å². The predicted molar refractivity (Wildman–Crippen MR) is 105 cm³/mol. The van der Waals surface area contributed by atoms with E-state index in [-0.39, 0.29) is 18.1 Å². The van der Waals surface area contributed by atoms with E-state index in [4.69, 9.17) is 9.47 Å². The largest absolute Gasteiger partial charge is 0.497 e. The summed E-state index contributed by atoms with van der Waals surface area (Å²) >= 11 is 0. The van der Waals surface area contributed by atoms with Crippen LogP contribution in [0, 0.1) is 0 Å². The first-order valence-electron chi connectivity index (χ1n) is 10.1. The van der Waals surface area contributed by atoms with Gasteiger partial charge in [0, 0.05) is 51.5 Å². The highest BCUT2D eigenvalue weighted by atomic mass is 16.5. The van der Waals surface area contributed by atoms with E-state index in [1.54, 1.807) is 7.11 Å². The summed E-state index contributed by atoms with van der Waals surface area (Å²) in [6.45, 7) is 5.36. The monoisotopic (exact) mass is 373 g/mol. The van der Waals surface area contributed by atoms with Crippen molar-refractivity contribution in [3.8, 4) is 5.75 Å². The second-order valence-electron chi connectivity index (χ2n) is 8.17. The Balaban J connectivity index is 1.27. The molecule has 6 nitrogen and oxygen atoms in total. The summed E-state index contributed by atoms with van der Waals surface area (Å²) in [5.74, 6) is 1.02. The maximum absolute atomic E-state index is 11.7. The van der Waals surface area contributed by atoms with Crippen LogP contribution in [0.25, 0.3) is 0 Å². The van der Waals surface area contributed by atoms with E-state index >= 15 is 0 Å². The second-order valence-corrected chi connectivity index (χ2v) is 8.17. The average Bonchev–Trinajstić information content (AvgIpc) is 2.72. The summed E-state index contributed by atoms with van der Waals surface area (Å²) in [5.41, 5.74) is 1.18. The van der Waals surface area contributed by atoms with Crippen LogP contribution in [0.4, 0.5) is 5.69 Å². The third-order valence-electron chi connectivity index (χ3n) is 6.58. The maximum Gasteiger partial charge on any atom is 0.248 e. The average molecular weight is 373 g/mol. The number of hydrogen-bond donors (Lipinski definition) is 0. The molecule has 0 atom stereocenters. The molecule has 3 aliphatic heterocycles. The molecule has 1 spiro atoms. The maximum atomic E-state index is 11.7. The van der Waals surface area contributed by atoms with Gasteiger partial charge in [0.15, 0.2) is 0 Å². The fourth-order valence-electron chi connectivity index (χ4n) is 4.77. The molecular formula is C21H31N3O3. The van der Waals surface area contributed by atoms with E-state index in [1.807, 2.05) is 24.1 Å². The zero-order chi connectivity index (χ0) is 18.9. The molecule has 6 heteroatoms. The van der Waals surface area contributed by atoms with Gasteiger partial charge in [0.1, 0.15) is 12.4 Å². The molecule has 0 aromatic heterocycles. The molecule has 0 saturated carbocycles. The summed E-state index contributed by atoms with van der Waals surface area (Å²) in [5, 5.41) is 0. The van der Waals surface area contributed by atoms with Crippen molar-refractivity contribution >= 4 is 11.6 Å². The summed E-state index contributed by atoms with van der Waals surface area (Å²) in [6, 6.07) is 9.05. The molecule has 3 fully saturated rings. The van der Waals surface area contributed by atoms with Crippen molar-refractivity contribution in [1.29, 1.82) is 0 Å². The van der Waals surface area contributed by atoms with Gasteiger partial charge >= 0.3 is 0 Å². The van der Waals surface area contributed by atoms with Crippen LogP contribution in [0.5, 0.6) is 5.75 Å². The quantitative estimate of drug-likeness (QED) is 0.811. The lowest BCUT2D eigenvalue weighted by molar-refractivity contribution is -0.169. The van der Waals surface area contributed by atoms with Gasteiger partial charge in [0.2, 0.25) is 5.91 Å². The van der Waals surface area contributed by atoms with Crippen molar-refractivity contribution in [2.75, 3.05) is 58.4 Å². The molecule has 3 aliphatic rings. The minimum atomic E-state index is -0.108. The number of carbonyl (C=O) groups is 1. The topological polar surface area (TPSA) is 45.2 Å². The number of piperidine rings is 2. The molecule has 0 N–H and O–H groups in total. The normalized spacial score (nSPS) is 24.4. The number of carbonyl (C=O) groups excluding carboxylic acids is 1. The molecular weight excluding hydrogens is 342 g/mol. The number of likely N-dealkylation sites (N-methyl/N-ethyl adjacent to an activating group) is 1. The van der Waals surface area contributed by atoms with Crippen LogP contribution in [0.2, 0.25) is 0 Å². The molecule has 148 valence electrons. The number of amides is 1. The Morgan fingerprint density at radius 3 is 2.33 bits per heavy atom. The molecule has 4 rings (SSSR count). The predicted octanol–water partition coefficient (Wildman–Crippen LogP) is 1.99. The van der Waals surface area contributed by atoms with Crippen molar-refractivity contribution in [3.63, 3.8) is 0 Å². The fourth-order valence-corrected chi connectivity index (χ4v) is 4.77. The van der Waals surface area contributed by atoms with Crippen molar-refractivity contribution in [2.24, 2.45) is 0 Å². The molecule has 0 bridgehead atoms. The second kappa shape index (κ2) is 7.68. The van der Waals surface area contributed by atoms with Gasteiger partial charge in [0.05, 0.1) is 12.7 Å². The molecule has 0 unspecified atom stereocenters. The lowest BCUT2D eigenvalue weighted by atomic mass is 9.87. The van der Waals surface area contributed by atoms with Crippen molar-refractivity contribution in [1.82, 2.24) is 9.80 Å². The summed E-state index contributed by atoms with van der Waals surface area (Å²) in [6.07, 6.45) is 4.48. The fraction of sp³-hybridized carbons (Fsp3) is 0.667. The summed E-state index contributed by atoms with van der Waals surface area (Å²) < 4.78 is 11.2. The van der Waals surface area contributed by atoms with E-state index in [1.165, 1.54) is 18.5 Å². The molecule has 3 saturated heterocycles. The lowest BCUT2D eigenvalue weighted by Crippen LogP contribution is -2.59. The van der Waals surface area contributed by atoms with Crippen LogP contribution in [-0.2, 0) is 9.53 Å². The Bertz CT molecular complexity index is 647. The first-order valence-corrected chi connectivity index (χ1v) is 10.1. The van der Waals surface area contributed by atoms with E-state index in [0.29, 0.717) is 6.04 Å². The standard InChI is InChI=1S/C21H31N3O3/c1-22-16-21(27-15-20(22)25)9-13-24(14-10-21)18-7-11-23(12-8-18)17-3-5-19(26-2)6-4-17/h3-6,18H,7-16H2,1-2H3. The van der Waals surface area contributed by atoms with E-state index in [2.05, 4.69) is 21.9 Å². The van der Waals surface area contributed by atoms with E-state index < -0.39 is 0 Å². The number of hydrogen-bond acceptors (Lipinski definition) is 5. The minimum absolute atomic E-state index is 0.106. The highest BCUT2D eigenvalue weighted by Gasteiger charge is 2.42. The number of nitrogens with zero attached hydrogens (tertiary/aromatic N) is 3. The van der Waals surface area contributed by atoms with Crippen LogP contribution in [0.3, 0.4) is 0 Å². The van der Waals surface area contributed by atoms with Crippen molar-refractivity contribution in [3.05, 3.63) is 24.3 Å². The number of anilines is 1. The number of methoxy groups -OCH3 is 1. The third kappa shape index (κ3) is 3.92. The SMILES string of the molecule is COc1ccc(N2CCC(N3CCC4(CC3)CN(C)C(=O)CO4)CC2)cc1. The first-order chi connectivity index (χ1) is 13.1. The van der Waals surface area contributed by atoms with Crippen LogP contribution in [-0.4, -0.2) is 80.8 Å². The lowest BCUT2D eigenvalue weighted by Gasteiger charge is -2.49. The van der Waals surface area contributed by atoms with Crippen LogP contribution in [0.1, 0.15) is 25.7 Å². The van der Waals surface area contributed by atoms with Gasteiger partial charge < -0.3 is 24.2 Å². The van der Waals surface area contributed by atoms with Gasteiger partial charge in [-0.25, -0.2) is 0 Å². The number of ether oxygens (including phenoxy) is 2. The highest BCUT2D eigenvalue weighted by molar-refractivity contribution is 5.78. The van der Waals surface area contributed by atoms with Gasteiger partial charge in [-0.05, 0) is 49.9 Å². The molecule has 27 heavy (non-hydrogen) atoms. The van der Waals surface area contributed by atoms with Gasteiger partial charge in [-0.2, -0.15) is 0 Å². The number of likely N-dealkylation sites (tertiary alicyclic amines) is 1. The summed E-state index contributed by atoms with van der Waals surface area (Å²) in [4.78, 5) is 18.7. The van der Waals surface area contributed by atoms with Crippen molar-refractivity contribution < 1.29 is 14.3 Å². The Kier molecular flexibility index (Phi) is 5.28. The van der Waals surface area contributed by atoms with Crippen LogP contribution in [0.15, 0.2) is 24.3 Å². The highest BCUT2D eigenvalue weighted by Crippen LogP contribution is 2.33. The molecule has 0 radical (unpaired) electrons. The Morgan fingerprint density at radius 2 is 1.74 bits per heavy atom. The zero-order valence-corrected chi connectivity index (χ0v) is 16.5. The van der Waals surface area contributed by atoms with E-state index in [0.717, 1.165) is 51.3 Å². The molecule has 1 amide bonds. The Labute approximate surface area is 162 Å². The number of morpholine rings is 1. The minimum Gasteiger partial charge on any atom is -0.497 e. The molecule has 3 heterocycles. The number of benzene rings is 1. The van der Waals surface area contributed by atoms with Gasteiger partial charge in [-0.1, -0.05) is 0 Å². The van der Waals surface area contributed by atoms with Crippen LogP contribution < -0.4 is 9.64 Å². The zero-order valence-electron chi connectivity index (χ0n) is 16.5. The first kappa shape index (κ1) is 18.6. The van der Waals surface area contributed by atoms with Gasteiger partial charge in [-0.15, -0.1) is 0 Å². The molecule has 0 aliphatic carbocycles. The van der Waals surface area contributed by atoms with Gasteiger partial charge in [0.25, 0.3) is 0 Å². The number of rotatable bonds is 3. The molecule has 1 aromatic carbocycles.